The van der Waals surface area contributed by atoms with Gasteiger partial charge in [-0.25, -0.2) is 0 Å². The number of hydrogen-bond donors (Lipinski definition) is 1. The highest BCUT2D eigenvalue weighted by atomic mass is 16.3. The van der Waals surface area contributed by atoms with Crippen LogP contribution >= 0.6 is 0 Å². The molecule has 1 saturated carbocycles. The molecule has 0 aromatic carbocycles. The van der Waals surface area contributed by atoms with Crippen molar-refractivity contribution in [3.05, 3.63) is 0 Å². The average molecular weight is 156 g/mol. The van der Waals surface area contributed by atoms with Gasteiger partial charge in [0.15, 0.2) is 0 Å². The zero-order valence-corrected chi connectivity index (χ0v) is 8.09. The van der Waals surface area contributed by atoms with Crippen molar-refractivity contribution < 1.29 is 5.11 Å². The van der Waals surface area contributed by atoms with E-state index in [-0.39, 0.29) is 6.10 Å². The first kappa shape index (κ1) is 9.05. The van der Waals surface area contributed by atoms with Crippen molar-refractivity contribution in [2.75, 3.05) is 0 Å². The van der Waals surface area contributed by atoms with Gasteiger partial charge in [0, 0.05) is 0 Å². The lowest BCUT2D eigenvalue weighted by atomic mass is 9.75. The summed E-state index contributed by atoms with van der Waals surface area (Å²) in [5.74, 6) is 1.20. The Morgan fingerprint density at radius 2 is 1.73 bits per heavy atom. The standard InChI is InChI=1S/C10H20O/c1-7-8(10(2,3)4)5-6-9(7)11/h7-9,11H,5-6H2,1-4H3/t7-,8-,9+/m0/s1. The third kappa shape index (κ3) is 1.76. The van der Waals surface area contributed by atoms with Gasteiger partial charge in [-0.05, 0) is 30.1 Å². The van der Waals surface area contributed by atoms with Crippen molar-refractivity contribution in [3.63, 3.8) is 0 Å². The summed E-state index contributed by atoms with van der Waals surface area (Å²) >= 11 is 0. The van der Waals surface area contributed by atoms with Gasteiger partial charge >= 0.3 is 0 Å². The van der Waals surface area contributed by atoms with Gasteiger partial charge in [-0.2, -0.15) is 0 Å². The summed E-state index contributed by atoms with van der Waals surface area (Å²) in [4.78, 5) is 0. The van der Waals surface area contributed by atoms with Crippen LogP contribution in [0.2, 0.25) is 0 Å². The first-order valence-electron chi connectivity index (χ1n) is 4.61. The van der Waals surface area contributed by atoms with Crippen molar-refractivity contribution >= 4 is 0 Å². The fourth-order valence-electron chi connectivity index (χ4n) is 2.37. The van der Waals surface area contributed by atoms with E-state index in [0.717, 1.165) is 6.42 Å². The van der Waals surface area contributed by atoms with Crippen LogP contribution in [0.1, 0.15) is 40.5 Å². The second kappa shape index (κ2) is 2.78. The van der Waals surface area contributed by atoms with Gasteiger partial charge in [0.25, 0.3) is 0 Å². The van der Waals surface area contributed by atoms with Crippen LogP contribution in [0.3, 0.4) is 0 Å². The Balaban J connectivity index is 2.62. The van der Waals surface area contributed by atoms with E-state index in [9.17, 15) is 5.11 Å². The molecule has 0 amide bonds. The lowest BCUT2D eigenvalue weighted by Crippen LogP contribution is -2.26. The Morgan fingerprint density at radius 3 is 1.91 bits per heavy atom. The van der Waals surface area contributed by atoms with Crippen molar-refractivity contribution in [2.24, 2.45) is 17.3 Å². The summed E-state index contributed by atoms with van der Waals surface area (Å²) in [5.41, 5.74) is 0.372. The molecule has 1 nitrogen and oxygen atoms in total. The third-order valence-corrected chi connectivity index (χ3v) is 3.13. The second-order valence-electron chi connectivity index (χ2n) is 4.98. The molecule has 66 valence electrons. The van der Waals surface area contributed by atoms with Crippen LogP contribution in [0.5, 0.6) is 0 Å². The highest BCUT2D eigenvalue weighted by Crippen LogP contribution is 2.43. The van der Waals surface area contributed by atoms with E-state index in [2.05, 4.69) is 27.7 Å². The largest absolute Gasteiger partial charge is 0.393 e. The van der Waals surface area contributed by atoms with Crippen LogP contribution in [-0.2, 0) is 0 Å². The van der Waals surface area contributed by atoms with Crippen LogP contribution in [0.4, 0.5) is 0 Å². The maximum atomic E-state index is 9.53. The van der Waals surface area contributed by atoms with E-state index in [1.165, 1.54) is 6.42 Å². The molecule has 1 N–H and O–H groups in total. The minimum atomic E-state index is -0.0424. The predicted molar refractivity (Wildman–Crippen MR) is 47.3 cm³/mol. The summed E-state index contributed by atoms with van der Waals surface area (Å²) in [6.45, 7) is 8.98. The van der Waals surface area contributed by atoms with Crippen LogP contribution in [0.25, 0.3) is 0 Å². The molecule has 1 fully saturated rings. The Kier molecular flexibility index (Phi) is 2.29. The SMILES string of the molecule is C[C@@H]1[C@H](O)CC[C@@H]1C(C)(C)C. The van der Waals surface area contributed by atoms with Gasteiger partial charge in [0.05, 0.1) is 6.10 Å². The summed E-state index contributed by atoms with van der Waals surface area (Å²) in [6, 6.07) is 0. The highest BCUT2D eigenvalue weighted by molar-refractivity contribution is 4.88. The summed E-state index contributed by atoms with van der Waals surface area (Å²) < 4.78 is 0. The molecule has 0 aliphatic heterocycles. The molecule has 0 saturated heterocycles. The minimum Gasteiger partial charge on any atom is -0.393 e. The molecule has 0 aromatic rings. The fourth-order valence-corrected chi connectivity index (χ4v) is 2.37. The van der Waals surface area contributed by atoms with Crippen molar-refractivity contribution in [3.8, 4) is 0 Å². The molecule has 1 aliphatic rings. The van der Waals surface area contributed by atoms with E-state index in [0.29, 0.717) is 17.3 Å². The normalized spacial score (nSPS) is 39.5. The maximum Gasteiger partial charge on any atom is 0.0568 e. The number of rotatable bonds is 0. The lowest BCUT2D eigenvalue weighted by Gasteiger charge is -2.31. The third-order valence-electron chi connectivity index (χ3n) is 3.13. The van der Waals surface area contributed by atoms with Gasteiger partial charge in [0.2, 0.25) is 0 Å². The van der Waals surface area contributed by atoms with Crippen LogP contribution in [0, 0.1) is 17.3 Å². The molecular formula is C10H20O. The average Bonchev–Trinajstić information content (AvgIpc) is 2.11. The quantitative estimate of drug-likeness (QED) is 0.571. The first-order chi connectivity index (χ1) is 4.93. The maximum absolute atomic E-state index is 9.53. The molecule has 0 radical (unpaired) electrons. The van der Waals surface area contributed by atoms with Crippen molar-refractivity contribution in [2.45, 2.75) is 46.6 Å². The smallest absolute Gasteiger partial charge is 0.0568 e. The van der Waals surface area contributed by atoms with Crippen LogP contribution < -0.4 is 0 Å². The van der Waals surface area contributed by atoms with Gasteiger partial charge in [-0.1, -0.05) is 27.7 Å². The zero-order chi connectivity index (χ0) is 8.65. The first-order valence-corrected chi connectivity index (χ1v) is 4.61. The number of aliphatic hydroxyl groups is 1. The predicted octanol–water partition coefficient (Wildman–Crippen LogP) is 2.44. The van der Waals surface area contributed by atoms with Crippen LogP contribution in [-0.4, -0.2) is 11.2 Å². The molecule has 1 aliphatic carbocycles. The molecule has 0 bridgehead atoms. The van der Waals surface area contributed by atoms with Gasteiger partial charge in [-0.3, -0.25) is 0 Å². The zero-order valence-electron chi connectivity index (χ0n) is 8.09. The Bertz CT molecular complexity index is 134. The van der Waals surface area contributed by atoms with E-state index >= 15 is 0 Å². The molecule has 0 aromatic heterocycles. The number of hydrogen-bond acceptors (Lipinski definition) is 1. The number of aliphatic hydroxyl groups excluding tert-OH is 1. The van der Waals surface area contributed by atoms with E-state index < -0.39 is 0 Å². The monoisotopic (exact) mass is 156 g/mol. The molecule has 0 unspecified atom stereocenters. The summed E-state index contributed by atoms with van der Waals surface area (Å²) in [7, 11) is 0. The second-order valence-corrected chi connectivity index (χ2v) is 4.98. The summed E-state index contributed by atoms with van der Waals surface area (Å²) in [6.07, 6.45) is 2.16. The molecular weight excluding hydrogens is 136 g/mol. The van der Waals surface area contributed by atoms with Gasteiger partial charge in [-0.15, -0.1) is 0 Å². The Hall–Kier alpha value is -0.0400. The molecule has 1 rings (SSSR count). The minimum absolute atomic E-state index is 0.0424. The molecule has 3 atom stereocenters. The topological polar surface area (TPSA) is 20.2 Å². The van der Waals surface area contributed by atoms with E-state index in [1.54, 1.807) is 0 Å². The molecule has 1 heteroatoms. The molecule has 0 spiro atoms. The highest BCUT2D eigenvalue weighted by Gasteiger charge is 2.38. The van der Waals surface area contributed by atoms with E-state index in [4.69, 9.17) is 0 Å². The van der Waals surface area contributed by atoms with Crippen LogP contribution in [0.15, 0.2) is 0 Å². The molecule has 11 heavy (non-hydrogen) atoms. The Morgan fingerprint density at radius 1 is 1.18 bits per heavy atom. The summed E-state index contributed by atoms with van der Waals surface area (Å²) in [5, 5.41) is 9.53. The lowest BCUT2D eigenvalue weighted by molar-refractivity contribution is 0.0958. The fraction of sp³-hybridized carbons (Fsp3) is 1.00. The van der Waals surface area contributed by atoms with Crippen molar-refractivity contribution in [1.82, 2.24) is 0 Å². The van der Waals surface area contributed by atoms with Gasteiger partial charge in [0.1, 0.15) is 0 Å². The van der Waals surface area contributed by atoms with Crippen molar-refractivity contribution in [1.29, 1.82) is 0 Å². The van der Waals surface area contributed by atoms with Gasteiger partial charge < -0.3 is 5.11 Å². The molecule has 0 heterocycles. The van der Waals surface area contributed by atoms with E-state index in [1.807, 2.05) is 0 Å². The Labute approximate surface area is 69.8 Å².